The van der Waals surface area contributed by atoms with E-state index in [9.17, 15) is 4.79 Å². The Hall–Kier alpha value is -3.15. The normalized spacial score (nSPS) is 15.2. The van der Waals surface area contributed by atoms with Crippen LogP contribution in [0.25, 0.3) is 11.4 Å². The van der Waals surface area contributed by atoms with Gasteiger partial charge in [0.05, 0.1) is 19.1 Å². The van der Waals surface area contributed by atoms with Crippen LogP contribution >= 0.6 is 0 Å². The summed E-state index contributed by atoms with van der Waals surface area (Å²) in [5, 5.41) is 4.06. The van der Waals surface area contributed by atoms with Crippen molar-refractivity contribution >= 4 is 5.91 Å². The van der Waals surface area contributed by atoms with E-state index in [1.165, 1.54) is 0 Å². The number of carbonyl (C=O) groups excluding carboxylic acids is 1. The van der Waals surface area contributed by atoms with Crippen LogP contribution in [0.1, 0.15) is 37.1 Å². The predicted molar refractivity (Wildman–Crippen MR) is 109 cm³/mol. The molecule has 0 atom stereocenters. The van der Waals surface area contributed by atoms with E-state index < -0.39 is 5.41 Å². The van der Waals surface area contributed by atoms with Gasteiger partial charge in [-0.25, -0.2) is 0 Å². The van der Waals surface area contributed by atoms with E-state index in [2.05, 4.69) is 22.3 Å². The first-order chi connectivity index (χ1) is 14.1. The topological polar surface area (TPSA) is 68.5 Å². The number of carbonyl (C=O) groups is 1. The molecule has 3 aromatic rings. The molecule has 1 fully saturated rings. The lowest BCUT2D eigenvalue weighted by molar-refractivity contribution is -0.136. The highest BCUT2D eigenvalue weighted by atomic mass is 16.5. The molecule has 29 heavy (non-hydrogen) atoms. The van der Waals surface area contributed by atoms with Crippen LogP contribution in [0.2, 0.25) is 0 Å². The molecule has 0 spiro atoms. The van der Waals surface area contributed by atoms with Crippen molar-refractivity contribution in [2.75, 3.05) is 14.2 Å². The van der Waals surface area contributed by atoms with E-state index in [1.807, 2.05) is 49.5 Å². The third kappa shape index (κ3) is 3.75. The second-order valence-electron chi connectivity index (χ2n) is 7.56. The molecule has 0 aliphatic heterocycles. The molecule has 6 heteroatoms. The van der Waals surface area contributed by atoms with Crippen molar-refractivity contribution in [1.82, 2.24) is 15.0 Å². The van der Waals surface area contributed by atoms with E-state index in [-0.39, 0.29) is 12.5 Å². The Labute approximate surface area is 170 Å². The Morgan fingerprint density at radius 3 is 2.45 bits per heavy atom. The van der Waals surface area contributed by atoms with E-state index >= 15 is 0 Å². The van der Waals surface area contributed by atoms with Gasteiger partial charge in [-0.05, 0) is 42.7 Å². The average Bonchev–Trinajstić information content (AvgIpc) is 3.44. The highest BCUT2D eigenvalue weighted by Gasteiger charge is 2.44. The summed E-state index contributed by atoms with van der Waals surface area (Å²) in [6, 6.07) is 17.6. The molecule has 2 aromatic carbocycles. The largest absolute Gasteiger partial charge is 0.497 e. The standard InChI is InChI=1S/C23H25N3O3/c1-26(22(27)23(14-6-7-15-23)18-8-4-3-5-9-18)16-20-24-21(25-29-20)17-10-12-19(28-2)13-11-17/h3-5,8-13H,6-7,14-16H2,1-2H3. The monoisotopic (exact) mass is 391 g/mol. The third-order valence-electron chi connectivity index (χ3n) is 5.73. The summed E-state index contributed by atoms with van der Waals surface area (Å²) in [7, 11) is 3.43. The molecule has 0 bridgehead atoms. The number of amides is 1. The van der Waals surface area contributed by atoms with Gasteiger partial charge < -0.3 is 14.2 Å². The van der Waals surface area contributed by atoms with Gasteiger partial charge in [-0.2, -0.15) is 4.98 Å². The summed E-state index contributed by atoms with van der Waals surface area (Å²) in [6.45, 7) is 0.288. The highest BCUT2D eigenvalue weighted by Crippen LogP contribution is 2.42. The maximum Gasteiger partial charge on any atom is 0.246 e. The van der Waals surface area contributed by atoms with Gasteiger partial charge in [-0.15, -0.1) is 0 Å². The maximum atomic E-state index is 13.4. The summed E-state index contributed by atoms with van der Waals surface area (Å²) in [5.74, 6) is 1.81. The number of nitrogens with zero attached hydrogens (tertiary/aromatic N) is 3. The molecule has 0 unspecified atom stereocenters. The number of hydrogen-bond donors (Lipinski definition) is 0. The third-order valence-corrected chi connectivity index (χ3v) is 5.73. The minimum Gasteiger partial charge on any atom is -0.497 e. The van der Waals surface area contributed by atoms with Crippen LogP contribution in [0.3, 0.4) is 0 Å². The van der Waals surface area contributed by atoms with E-state index in [0.717, 1.165) is 42.6 Å². The van der Waals surface area contributed by atoms with Crippen LogP contribution < -0.4 is 4.74 Å². The Bertz CT molecular complexity index is 961. The average molecular weight is 391 g/mol. The van der Waals surface area contributed by atoms with Crippen LogP contribution in [0.15, 0.2) is 59.1 Å². The lowest BCUT2D eigenvalue weighted by atomic mass is 9.77. The Morgan fingerprint density at radius 1 is 1.10 bits per heavy atom. The Kier molecular flexibility index (Phi) is 5.34. The summed E-state index contributed by atoms with van der Waals surface area (Å²) < 4.78 is 10.6. The minimum atomic E-state index is -0.450. The van der Waals surface area contributed by atoms with Crippen LogP contribution in [-0.4, -0.2) is 35.1 Å². The highest BCUT2D eigenvalue weighted by molar-refractivity contribution is 5.88. The molecule has 1 aromatic heterocycles. The van der Waals surface area contributed by atoms with Crippen molar-refractivity contribution in [3.05, 3.63) is 66.1 Å². The minimum absolute atomic E-state index is 0.116. The van der Waals surface area contributed by atoms with Crippen molar-refractivity contribution in [1.29, 1.82) is 0 Å². The van der Waals surface area contributed by atoms with Crippen molar-refractivity contribution in [3.8, 4) is 17.1 Å². The molecule has 1 aliphatic rings. The van der Waals surface area contributed by atoms with Crippen LogP contribution in [0, 0.1) is 0 Å². The van der Waals surface area contributed by atoms with Crippen LogP contribution in [0.4, 0.5) is 0 Å². The number of likely N-dealkylation sites (N-methyl/N-ethyl adjacent to an activating group) is 1. The summed E-state index contributed by atoms with van der Waals surface area (Å²) in [4.78, 5) is 19.6. The number of aromatic nitrogens is 2. The fraction of sp³-hybridized carbons (Fsp3) is 0.348. The first-order valence-electron chi connectivity index (χ1n) is 9.90. The Morgan fingerprint density at radius 2 is 1.79 bits per heavy atom. The number of ether oxygens (including phenoxy) is 1. The summed E-state index contributed by atoms with van der Waals surface area (Å²) in [5.41, 5.74) is 1.49. The fourth-order valence-corrected chi connectivity index (χ4v) is 4.18. The molecule has 1 heterocycles. The molecule has 150 valence electrons. The van der Waals surface area contributed by atoms with E-state index in [4.69, 9.17) is 9.26 Å². The first kappa shape index (κ1) is 19.2. The first-order valence-corrected chi connectivity index (χ1v) is 9.90. The SMILES string of the molecule is COc1ccc(-c2noc(CN(C)C(=O)C3(c4ccccc4)CCCC3)n2)cc1. The second kappa shape index (κ2) is 8.07. The van der Waals surface area contributed by atoms with Gasteiger partial charge in [-0.3, -0.25) is 4.79 Å². The van der Waals surface area contributed by atoms with Gasteiger partial charge in [0.15, 0.2) is 0 Å². The van der Waals surface area contributed by atoms with Crippen LogP contribution in [0.5, 0.6) is 5.75 Å². The predicted octanol–water partition coefficient (Wildman–Crippen LogP) is 4.22. The molecule has 6 nitrogen and oxygen atoms in total. The number of methoxy groups -OCH3 is 1. The van der Waals surface area contributed by atoms with E-state index in [1.54, 1.807) is 12.0 Å². The van der Waals surface area contributed by atoms with Crippen LogP contribution in [-0.2, 0) is 16.8 Å². The van der Waals surface area contributed by atoms with Crippen molar-refractivity contribution in [2.45, 2.75) is 37.6 Å². The van der Waals surface area contributed by atoms with Gasteiger partial charge in [0.2, 0.25) is 17.6 Å². The number of rotatable bonds is 6. The molecule has 1 saturated carbocycles. The number of hydrogen-bond acceptors (Lipinski definition) is 5. The molecular formula is C23H25N3O3. The van der Waals surface area contributed by atoms with Gasteiger partial charge in [0, 0.05) is 12.6 Å². The maximum absolute atomic E-state index is 13.4. The van der Waals surface area contributed by atoms with Gasteiger partial charge in [-0.1, -0.05) is 48.3 Å². The molecule has 4 rings (SSSR count). The quantitative estimate of drug-likeness (QED) is 0.629. The molecule has 1 amide bonds. The molecule has 0 saturated heterocycles. The van der Waals surface area contributed by atoms with E-state index in [0.29, 0.717) is 11.7 Å². The Balaban J connectivity index is 1.51. The second-order valence-corrected chi connectivity index (χ2v) is 7.56. The summed E-state index contributed by atoms with van der Waals surface area (Å²) in [6.07, 6.45) is 3.88. The molecule has 1 aliphatic carbocycles. The van der Waals surface area contributed by atoms with Gasteiger partial charge in [0.1, 0.15) is 5.75 Å². The zero-order valence-electron chi connectivity index (χ0n) is 16.8. The smallest absolute Gasteiger partial charge is 0.246 e. The number of benzene rings is 2. The van der Waals surface area contributed by atoms with Crippen molar-refractivity contribution < 1.29 is 14.1 Å². The molecule has 0 N–H and O–H groups in total. The zero-order valence-corrected chi connectivity index (χ0v) is 16.8. The lowest BCUT2D eigenvalue weighted by Gasteiger charge is -2.32. The van der Waals surface area contributed by atoms with Gasteiger partial charge in [0.25, 0.3) is 0 Å². The fourth-order valence-electron chi connectivity index (χ4n) is 4.18. The zero-order chi connectivity index (χ0) is 20.3. The van der Waals surface area contributed by atoms with Crippen molar-refractivity contribution in [2.24, 2.45) is 0 Å². The van der Waals surface area contributed by atoms with Gasteiger partial charge >= 0.3 is 0 Å². The lowest BCUT2D eigenvalue weighted by Crippen LogP contribution is -2.43. The molecule has 0 radical (unpaired) electrons. The molecular weight excluding hydrogens is 366 g/mol. The van der Waals surface area contributed by atoms with Crippen molar-refractivity contribution in [3.63, 3.8) is 0 Å². The summed E-state index contributed by atoms with van der Waals surface area (Å²) >= 11 is 0.